The van der Waals surface area contributed by atoms with Gasteiger partial charge in [0.2, 0.25) is 0 Å². The van der Waals surface area contributed by atoms with E-state index in [4.69, 9.17) is 8.92 Å². The van der Waals surface area contributed by atoms with E-state index in [9.17, 15) is 8.42 Å². The minimum atomic E-state index is -3.57. The van der Waals surface area contributed by atoms with Crippen LogP contribution in [0.1, 0.15) is 103 Å². The van der Waals surface area contributed by atoms with Gasteiger partial charge in [-0.15, -0.1) is 0 Å². The van der Waals surface area contributed by atoms with E-state index in [1.54, 1.807) is 0 Å². The van der Waals surface area contributed by atoms with E-state index < -0.39 is 10.3 Å². The highest BCUT2D eigenvalue weighted by Gasteiger charge is 2.25. The van der Waals surface area contributed by atoms with Gasteiger partial charge in [0.15, 0.2) is 0 Å². The summed E-state index contributed by atoms with van der Waals surface area (Å²) >= 11 is 0. The van der Waals surface area contributed by atoms with Crippen LogP contribution in [0, 0.1) is 0 Å². The summed E-state index contributed by atoms with van der Waals surface area (Å²) < 4.78 is 36.0. The van der Waals surface area contributed by atoms with Gasteiger partial charge in [-0.1, -0.05) is 71.1 Å². The molecule has 1 aliphatic carbocycles. The predicted molar refractivity (Wildman–Crippen MR) is 108 cm³/mol. The number of rotatable bonds is 16. The van der Waals surface area contributed by atoms with Crippen LogP contribution in [0.2, 0.25) is 0 Å². The molecule has 0 heterocycles. The molecule has 0 aromatic heterocycles. The smallest absolute Gasteiger partial charge is 0.335 e. The summed E-state index contributed by atoms with van der Waals surface area (Å²) in [5, 5.41) is 0. The van der Waals surface area contributed by atoms with Gasteiger partial charge in [-0.3, -0.25) is 4.18 Å². The van der Waals surface area contributed by atoms with Crippen LogP contribution in [-0.2, 0) is 19.2 Å². The number of ether oxygens (including phenoxy) is 1. The summed E-state index contributed by atoms with van der Waals surface area (Å²) in [6.07, 6.45) is 18.2. The monoisotopic (exact) mass is 391 g/mol. The molecule has 156 valence electrons. The van der Waals surface area contributed by atoms with Gasteiger partial charge >= 0.3 is 10.3 Å². The Balaban J connectivity index is 1.88. The molecule has 0 aromatic carbocycles. The molecular weight excluding hydrogens is 350 g/mol. The van der Waals surface area contributed by atoms with Gasteiger partial charge in [-0.25, -0.2) is 0 Å². The van der Waals surface area contributed by atoms with Crippen LogP contribution in [0.15, 0.2) is 0 Å². The molecule has 0 unspecified atom stereocenters. The molecule has 0 amide bonds. The van der Waals surface area contributed by atoms with Crippen LogP contribution in [0.25, 0.3) is 0 Å². The summed E-state index contributed by atoms with van der Waals surface area (Å²) in [7, 11) is -2.19. The van der Waals surface area contributed by atoms with Gasteiger partial charge in [0.25, 0.3) is 0 Å². The zero-order valence-corrected chi connectivity index (χ0v) is 17.8. The van der Waals surface area contributed by atoms with Crippen molar-refractivity contribution >= 4 is 10.3 Å². The van der Waals surface area contributed by atoms with Crippen LogP contribution < -0.4 is 4.72 Å². The Bertz CT molecular complexity index is 420. The Morgan fingerprint density at radius 2 is 1.23 bits per heavy atom. The second-order valence-corrected chi connectivity index (χ2v) is 9.07. The number of unbranched alkanes of at least 4 members (excludes halogenated alkanes) is 10. The standard InChI is InChI=1S/C20H41NO4S/c1-3-4-5-6-7-8-9-10-11-12-13-18-24-19-14-16-20(17-15-19)25-26(22,23)21-2/h19-21H,3-18H2,1-2H3. The van der Waals surface area contributed by atoms with Gasteiger partial charge < -0.3 is 4.74 Å². The summed E-state index contributed by atoms with van der Waals surface area (Å²) in [5.74, 6) is 0. The summed E-state index contributed by atoms with van der Waals surface area (Å²) in [6, 6.07) is 0. The Morgan fingerprint density at radius 3 is 1.73 bits per heavy atom. The number of hydrogen-bond acceptors (Lipinski definition) is 4. The van der Waals surface area contributed by atoms with E-state index in [1.165, 1.54) is 71.3 Å². The molecule has 0 spiro atoms. The average molecular weight is 392 g/mol. The zero-order chi connectivity index (χ0) is 19.1. The Kier molecular flexibility index (Phi) is 13.6. The van der Waals surface area contributed by atoms with E-state index in [-0.39, 0.29) is 12.2 Å². The third-order valence-electron chi connectivity index (χ3n) is 5.24. The molecule has 0 radical (unpaired) electrons. The van der Waals surface area contributed by atoms with Crippen molar-refractivity contribution in [3.05, 3.63) is 0 Å². The lowest BCUT2D eigenvalue weighted by molar-refractivity contribution is 0.00207. The molecule has 0 bridgehead atoms. The lowest BCUT2D eigenvalue weighted by atomic mass is 9.95. The molecule has 1 fully saturated rings. The summed E-state index contributed by atoms with van der Waals surface area (Å²) in [6.45, 7) is 3.10. The van der Waals surface area contributed by atoms with E-state index in [2.05, 4.69) is 11.6 Å². The first kappa shape index (κ1) is 23.9. The molecular formula is C20H41NO4S. The fraction of sp³-hybridized carbons (Fsp3) is 1.00. The quantitative estimate of drug-likeness (QED) is 0.372. The number of nitrogens with one attached hydrogen (secondary N) is 1. The van der Waals surface area contributed by atoms with Crippen molar-refractivity contribution < 1.29 is 17.3 Å². The van der Waals surface area contributed by atoms with Crippen LogP contribution in [0.5, 0.6) is 0 Å². The molecule has 5 nitrogen and oxygen atoms in total. The first-order valence-corrected chi connectivity index (χ1v) is 12.2. The summed E-state index contributed by atoms with van der Waals surface area (Å²) in [4.78, 5) is 0. The zero-order valence-electron chi connectivity index (χ0n) is 17.0. The fourth-order valence-electron chi connectivity index (χ4n) is 3.54. The van der Waals surface area contributed by atoms with Gasteiger partial charge in [0, 0.05) is 13.7 Å². The molecule has 0 aromatic rings. The second kappa shape index (κ2) is 14.8. The van der Waals surface area contributed by atoms with Crippen molar-refractivity contribution in [1.29, 1.82) is 0 Å². The maximum absolute atomic E-state index is 11.4. The molecule has 1 N–H and O–H groups in total. The Hall–Kier alpha value is -0.170. The van der Waals surface area contributed by atoms with E-state index in [0.717, 1.165) is 38.7 Å². The third kappa shape index (κ3) is 12.3. The molecule has 0 saturated heterocycles. The molecule has 1 aliphatic rings. The van der Waals surface area contributed by atoms with Crippen LogP contribution >= 0.6 is 0 Å². The maximum Gasteiger partial charge on any atom is 0.335 e. The Labute approximate surface area is 161 Å². The topological polar surface area (TPSA) is 64.6 Å². The Morgan fingerprint density at radius 1 is 0.769 bits per heavy atom. The molecule has 1 rings (SSSR count). The largest absolute Gasteiger partial charge is 0.378 e. The van der Waals surface area contributed by atoms with E-state index in [1.807, 2.05) is 0 Å². The van der Waals surface area contributed by atoms with Crippen molar-refractivity contribution in [1.82, 2.24) is 4.72 Å². The minimum absolute atomic E-state index is 0.200. The summed E-state index contributed by atoms with van der Waals surface area (Å²) in [5.41, 5.74) is 0. The lowest BCUT2D eigenvalue weighted by Gasteiger charge is -2.27. The van der Waals surface area contributed by atoms with Crippen molar-refractivity contribution in [2.24, 2.45) is 0 Å². The second-order valence-electron chi connectivity index (χ2n) is 7.56. The van der Waals surface area contributed by atoms with Crippen molar-refractivity contribution in [3.63, 3.8) is 0 Å². The molecule has 0 aliphatic heterocycles. The first-order chi connectivity index (χ1) is 12.6. The third-order valence-corrected chi connectivity index (χ3v) is 6.26. The molecule has 1 saturated carbocycles. The van der Waals surface area contributed by atoms with Crippen LogP contribution in [0.3, 0.4) is 0 Å². The number of hydrogen-bond donors (Lipinski definition) is 1. The van der Waals surface area contributed by atoms with E-state index >= 15 is 0 Å². The first-order valence-electron chi connectivity index (χ1n) is 10.8. The minimum Gasteiger partial charge on any atom is -0.378 e. The van der Waals surface area contributed by atoms with Crippen molar-refractivity contribution in [3.8, 4) is 0 Å². The van der Waals surface area contributed by atoms with Gasteiger partial charge in [0.1, 0.15) is 0 Å². The highest BCUT2D eigenvalue weighted by atomic mass is 32.2. The lowest BCUT2D eigenvalue weighted by Crippen LogP contribution is -2.32. The highest BCUT2D eigenvalue weighted by Crippen LogP contribution is 2.24. The molecule has 6 heteroatoms. The van der Waals surface area contributed by atoms with Gasteiger partial charge in [-0.05, 0) is 32.1 Å². The SMILES string of the molecule is CCCCCCCCCCCCCOC1CCC(OS(=O)(=O)NC)CC1. The van der Waals surface area contributed by atoms with Crippen molar-refractivity contribution in [2.45, 2.75) is 115 Å². The van der Waals surface area contributed by atoms with E-state index in [0.29, 0.717) is 0 Å². The van der Waals surface area contributed by atoms with Crippen LogP contribution in [0.4, 0.5) is 0 Å². The normalized spacial score (nSPS) is 21.2. The van der Waals surface area contributed by atoms with Crippen LogP contribution in [-0.4, -0.2) is 34.3 Å². The predicted octanol–water partition coefficient (Wildman–Crippen LogP) is 5.11. The highest BCUT2D eigenvalue weighted by molar-refractivity contribution is 7.84. The molecule has 26 heavy (non-hydrogen) atoms. The average Bonchev–Trinajstić information content (AvgIpc) is 2.64. The van der Waals surface area contributed by atoms with Gasteiger partial charge in [0.05, 0.1) is 12.2 Å². The van der Waals surface area contributed by atoms with Crippen molar-refractivity contribution in [2.75, 3.05) is 13.7 Å². The fourth-order valence-corrected chi connectivity index (χ4v) is 4.19. The molecule has 0 atom stereocenters. The maximum atomic E-state index is 11.4. The van der Waals surface area contributed by atoms with Gasteiger partial charge in [-0.2, -0.15) is 13.1 Å².